The molecule has 1 N–H and O–H groups in total. The van der Waals surface area contributed by atoms with E-state index in [1.807, 2.05) is 13.0 Å². The van der Waals surface area contributed by atoms with Crippen molar-refractivity contribution in [3.8, 4) is 0 Å². The summed E-state index contributed by atoms with van der Waals surface area (Å²) in [5.41, 5.74) is 0.790. The van der Waals surface area contributed by atoms with E-state index in [0.717, 1.165) is 10.6 Å². The summed E-state index contributed by atoms with van der Waals surface area (Å²) in [6.45, 7) is 2.27. The summed E-state index contributed by atoms with van der Waals surface area (Å²) < 4.78 is 1.62. The van der Waals surface area contributed by atoms with Crippen molar-refractivity contribution in [1.29, 1.82) is 0 Å². The van der Waals surface area contributed by atoms with E-state index in [2.05, 4.69) is 0 Å². The van der Waals surface area contributed by atoms with Crippen molar-refractivity contribution in [2.45, 2.75) is 13.5 Å². The molecule has 0 amide bonds. The highest BCUT2D eigenvalue weighted by molar-refractivity contribution is 7.13. The molecule has 0 aliphatic heterocycles. The fourth-order valence-corrected chi connectivity index (χ4v) is 2.40. The average molecular weight is 249 g/mol. The summed E-state index contributed by atoms with van der Waals surface area (Å²) in [6.07, 6.45) is 0. The Labute approximate surface area is 102 Å². The molecule has 0 saturated heterocycles. The fourth-order valence-electron chi connectivity index (χ4n) is 1.56. The molecule has 0 spiro atoms. The summed E-state index contributed by atoms with van der Waals surface area (Å²) >= 11 is 1.19. The zero-order valence-electron chi connectivity index (χ0n) is 9.21. The number of carboxylic acids is 1. The molecule has 0 unspecified atom stereocenters. The van der Waals surface area contributed by atoms with Gasteiger partial charge in [0.05, 0.1) is 6.54 Å². The van der Waals surface area contributed by atoms with Gasteiger partial charge in [-0.05, 0) is 25.1 Å². The van der Waals surface area contributed by atoms with Crippen LogP contribution in [0.25, 0.3) is 0 Å². The Balaban J connectivity index is 2.32. The molecule has 0 aromatic carbocycles. The lowest BCUT2D eigenvalue weighted by atomic mass is 10.3. The molecule has 4 nitrogen and oxygen atoms in total. The highest BCUT2D eigenvalue weighted by Gasteiger charge is 2.08. The van der Waals surface area contributed by atoms with Crippen LogP contribution < -0.4 is 5.56 Å². The molecule has 0 fully saturated rings. The van der Waals surface area contributed by atoms with Gasteiger partial charge in [-0.3, -0.25) is 4.79 Å². The van der Waals surface area contributed by atoms with E-state index in [1.165, 1.54) is 17.4 Å². The Hall–Kier alpha value is -1.88. The Bertz CT molecular complexity index is 612. The Morgan fingerprint density at radius 3 is 2.71 bits per heavy atom. The van der Waals surface area contributed by atoms with Crippen LogP contribution in [-0.4, -0.2) is 15.6 Å². The quantitative estimate of drug-likeness (QED) is 0.904. The standard InChI is InChI=1S/C12H11NO3S/c1-8-3-2-4-11(14)13(8)7-9-5-6-10(17-9)12(15)16/h2-6H,7H2,1H3,(H,15,16). The second-order valence-corrected chi connectivity index (χ2v) is 4.83. The maximum absolute atomic E-state index is 11.6. The molecule has 0 aliphatic rings. The third kappa shape index (κ3) is 2.45. The van der Waals surface area contributed by atoms with Gasteiger partial charge in [0.25, 0.3) is 5.56 Å². The van der Waals surface area contributed by atoms with Gasteiger partial charge in [-0.15, -0.1) is 11.3 Å². The third-order valence-electron chi connectivity index (χ3n) is 2.45. The molecule has 17 heavy (non-hydrogen) atoms. The van der Waals surface area contributed by atoms with Gasteiger partial charge in [0.1, 0.15) is 4.88 Å². The predicted octanol–water partition coefficient (Wildman–Crippen LogP) is 1.96. The van der Waals surface area contributed by atoms with Crippen molar-refractivity contribution < 1.29 is 9.90 Å². The minimum Gasteiger partial charge on any atom is -0.477 e. The highest BCUT2D eigenvalue weighted by Crippen LogP contribution is 2.17. The van der Waals surface area contributed by atoms with E-state index in [9.17, 15) is 9.59 Å². The molecule has 88 valence electrons. The molecule has 5 heteroatoms. The van der Waals surface area contributed by atoms with Crippen LogP contribution in [0.4, 0.5) is 0 Å². The molecule has 2 heterocycles. The number of carbonyl (C=O) groups is 1. The number of thiophene rings is 1. The largest absolute Gasteiger partial charge is 0.477 e. The number of hydrogen-bond donors (Lipinski definition) is 1. The number of aromatic nitrogens is 1. The van der Waals surface area contributed by atoms with Crippen molar-refractivity contribution in [3.63, 3.8) is 0 Å². The minimum atomic E-state index is -0.932. The Kier molecular flexibility index (Phi) is 3.10. The Morgan fingerprint density at radius 1 is 1.35 bits per heavy atom. The summed E-state index contributed by atoms with van der Waals surface area (Å²) in [4.78, 5) is 23.5. The van der Waals surface area contributed by atoms with Gasteiger partial charge in [0, 0.05) is 16.6 Å². The van der Waals surface area contributed by atoms with E-state index in [1.54, 1.807) is 22.8 Å². The molecule has 0 bridgehead atoms. The topological polar surface area (TPSA) is 59.3 Å². The van der Waals surface area contributed by atoms with Crippen LogP contribution in [0, 0.1) is 6.92 Å². The first-order valence-electron chi connectivity index (χ1n) is 5.06. The first-order chi connectivity index (χ1) is 8.08. The van der Waals surface area contributed by atoms with Gasteiger partial charge in [-0.1, -0.05) is 6.07 Å². The fraction of sp³-hybridized carbons (Fsp3) is 0.167. The van der Waals surface area contributed by atoms with Crippen LogP contribution in [0.15, 0.2) is 35.1 Å². The summed E-state index contributed by atoms with van der Waals surface area (Å²) in [5.74, 6) is -0.932. The van der Waals surface area contributed by atoms with Crippen molar-refractivity contribution in [2.24, 2.45) is 0 Å². The van der Waals surface area contributed by atoms with Crippen LogP contribution in [0.3, 0.4) is 0 Å². The number of aryl methyl sites for hydroxylation is 1. The SMILES string of the molecule is Cc1cccc(=O)n1Cc1ccc(C(=O)O)s1. The normalized spacial score (nSPS) is 10.4. The third-order valence-corrected chi connectivity index (χ3v) is 3.51. The summed E-state index contributed by atoms with van der Waals surface area (Å²) in [6, 6.07) is 8.37. The molecular weight excluding hydrogens is 238 g/mol. The van der Waals surface area contributed by atoms with Crippen LogP contribution in [0.5, 0.6) is 0 Å². The molecule has 0 atom stereocenters. The first-order valence-corrected chi connectivity index (χ1v) is 5.88. The molecule has 0 aliphatic carbocycles. The molecule has 0 saturated carbocycles. The van der Waals surface area contributed by atoms with E-state index < -0.39 is 5.97 Å². The van der Waals surface area contributed by atoms with Gasteiger partial charge in [-0.25, -0.2) is 4.79 Å². The summed E-state index contributed by atoms with van der Waals surface area (Å²) in [5, 5.41) is 8.82. The number of pyridine rings is 1. The van der Waals surface area contributed by atoms with E-state index >= 15 is 0 Å². The lowest BCUT2D eigenvalue weighted by molar-refractivity contribution is 0.0702. The van der Waals surface area contributed by atoms with Gasteiger partial charge < -0.3 is 9.67 Å². The molecule has 0 radical (unpaired) electrons. The van der Waals surface area contributed by atoms with Crippen molar-refractivity contribution in [2.75, 3.05) is 0 Å². The zero-order valence-corrected chi connectivity index (χ0v) is 10.0. The summed E-state index contributed by atoms with van der Waals surface area (Å²) in [7, 11) is 0. The van der Waals surface area contributed by atoms with Gasteiger partial charge in [0.15, 0.2) is 0 Å². The van der Waals surface area contributed by atoms with Gasteiger partial charge >= 0.3 is 5.97 Å². The molecule has 2 aromatic rings. The molecular formula is C12H11NO3S. The van der Waals surface area contributed by atoms with Crippen LogP contribution >= 0.6 is 11.3 Å². The number of aromatic carboxylic acids is 1. The van der Waals surface area contributed by atoms with Gasteiger partial charge in [0.2, 0.25) is 0 Å². The second kappa shape index (κ2) is 4.55. The average Bonchev–Trinajstić information content (AvgIpc) is 2.72. The van der Waals surface area contributed by atoms with Crippen LogP contribution in [0.1, 0.15) is 20.2 Å². The predicted molar refractivity (Wildman–Crippen MR) is 65.8 cm³/mol. The Morgan fingerprint density at radius 2 is 2.12 bits per heavy atom. The number of carboxylic acid groups (broad SMARTS) is 1. The lowest BCUT2D eigenvalue weighted by Gasteiger charge is -2.07. The van der Waals surface area contributed by atoms with Crippen LogP contribution in [-0.2, 0) is 6.54 Å². The molecule has 2 rings (SSSR count). The minimum absolute atomic E-state index is 0.0738. The first kappa shape index (κ1) is 11.6. The lowest BCUT2D eigenvalue weighted by Crippen LogP contribution is -2.20. The second-order valence-electron chi connectivity index (χ2n) is 3.66. The van der Waals surface area contributed by atoms with Crippen molar-refractivity contribution >= 4 is 17.3 Å². The van der Waals surface area contributed by atoms with E-state index in [4.69, 9.17) is 5.11 Å². The number of hydrogen-bond acceptors (Lipinski definition) is 3. The van der Waals surface area contributed by atoms with Crippen LogP contribution in [0.2, 0.25) is 0 Å². The number of nitrogens with zero attached hydrogens (tertiary/aromatic N) is 1. The van der Waals surface area contributed by atoms with E-state index in [-0.39, 0.29) is 5.56 Å². The maximum atomic E-state index is 11.6. The maximum Gasteiger partial charge on any atom is 0.345 e. The van der Waals surface area contributed by atoms with E-state index in [0.29, 0.717) is 11.4 Å². The zero-order chi connectivity index (χ0) is 12.4. The number of rotatable bonds is 3. The van der Waals surface area contributed by atoms with Crippen molar-refractivity contribution in [3.05, 3.63) is 56.1 Å². The van der Waals surface area contributed by atoms with Gasteiger partial charge in [-0.2, -0.15) is 0 Å². The smallest absolute Gasteiger partial charge is 0.345 e. The van der Waals surface area contributed by atoms with Crippen molar-refractivity contribution in [1.82, 2.24) is 4.57 Å². The molecule has 2 aromatic heterocycles. The monoisotopic (exact) mass is 249 g/mol. The highest BCUT2D eigenvalue weighted by atomic mass is 32.1.